The van der Waals surface area contributed by atoms with Gasteiger partial charge in [0.25, 0.3) is 0 Å². The average Bonchev–Trinajstić information content (AvgIpc) is 2.76. The Morgan fingerprint density at radius 1 is 1.47 bits per heavy atom. The molecule has 0 atom stereocenters. The van der Waals surface area contributed by atoms with Gasteiger partial charge in [-0.15, -0.1) is 11.3 Å². The van der Waals surface area contributed by atoms with Crippen LogP contribution in [0.3, 0.4) is 0 Å². The van der Waals surface area contributed by atoms with Crippen molar-refractivity contribution in [3.63, 3.8) is 0 Å². The zero-order valence-electron chi connectivity index (χ0n) is 12.5. The Hall–Kier alpha value is -0.610. The van der Waals surface area contributed by atoms with Gasteiger partial charge >= 0.3 is 0 Å². The third kappa shape index (κ3) is 4.46. The number of nitrogens with one attached hydrogen (secondary N) is 1. The molecule has 3 nitrogen and oxygen atoms in total. The summed E-state index contributed by atoms with van der Waals surface area (Å²) in [6.45, 7) is 11.0. The monoisotopic (exact) mass is 281 g/mol. The number of rotatable bonds is 8. The molecule has 0 spiro atoms. The van der Waals surface area contributed by atoms with Gasteiger partial charge in [0.2, 0.25) is 0 Å². The molecular formula is C15H27N3S. The molecule has 2 rings (SSSR count). The zero-order valence-corrected chi connectivity index (χ0v) is 13.3. The molecule has 1 N–H and O–H groups in total. The van der Waals surface area contributed by atoms with Gasteiger partial charge < -0.3 is 10.2 Å². The molecule has 1 heterocycles. The maximum atomic E-state index is 4.60. The van der Waals surface area contributed by atoms with E-state index in [-0.39, 0.29) is 0 Å². The first-order valence-electron chi connectivity index (χ1n) is 7.59. The van der Waals surface area contributed by atoms with E-state index in [2.05, 4.69) is 36.0 Å². The van der Waals surface area contributed by atoms with E-state index in [0.717, 1.165) is 25.6 Å². The third-order valence-electron chi connectivity index (χ3n) is 3.75. The predicted molar refractivity (Wildman–Crippen MR) is 83.9 cm³/mol. The van der Waals surface area contributed by atoms with Crippen LogP contribution in [-0.2, 0) is 6.54 Å². The van der Waals surface area contributed by atoms with Crippen LogP contribution < -0.4 is 10.2 Å². The van der Waals surface area contributed by atoms with Gasteiger partial charge in [-0.1, -0.05) is 20.3 Å². The lowest BCUT2D eigenvalue weighted by Gasteiger charge is -2.31. The quantitative estimate of drug-likeness (QED) is 0.790. The largest absolute Gasteiger partial charge is 0.348 e. The smallest absolute Gasteiger partial charge is 0.185 e. The van der Waals surface area contributed by atoms with Gasteiger partial charge in [0, 0.05) is 30.7 Å². The van der Waals surface area contributed by atoms with Crippen LogP contribution in [0.5, 0.6) is 0 Å². The molecule has 4 heteroatoms. The predicted octanol–water partition coefficient (Wildman–Crippen LogP) is 3.52. The van der Waals surface area contributed by atoms with Crippen LogP contribution >= 0.6 is 11.3 Å². The Bertz CT molecular complexity index is 371. The van der Waals surface area contributed by atoms with Crippen LogP contribution in [0.25, 0.3) is 0 Å². The summed E-state index contributed by atoms with van der Waals surface area (Å²) in [5, 5.41) is 4.69. The lowest BCUT2D eigenvalue weighted by atomic mass is 9.85. The van der Waals surface area contributed by atoms with E-state index >= 15 is 0 Å². The molecule has 0 aliphatic heterocycles. The standard InChI is InChI=1S/C15H27N3S/c1-4-18(11-13-6-5-7-13)15-17-10-14(19-15)9-16-8-12(2)3/h10,12-13,16H,4-9,11H2,1-3H3. The Morgan fingerprint density at radius 2 is 2.26 bits per heavy atom. The van der Waals surface area contributed by atoms with E-state index in [4.69, 9.17) is 0 Å². The minimum Gasteiger partial charge on any atom is -0.348 e. The second-order valence-electron chi connectivity index (χ2n) is 5.97. The number of anilines is 1. The van der Waals surface area contributed by atoms with Gasteiger partial charge in [0.1, 0.15) is 0 Å². The van der Waals surface area contributed by atoms with Crippen molar-refractivity contribution in [2.24, 2.45) is 11.8 Å². The fourth-order valence-electron chi connectivity index (χ4n) is 2.34. The fraction of sp³-hybridized carbons (Fsp3) is 0.800. The lowest BCUT2D eigenvalue weighted by molar-refractivity contribution is 0.318. The second-order valence-corrected chi connectivity index (χ2v) is 7.06. The van der Waals surface area contributed by atoms with Gasteiger partial charge in [-0.2, -0.15) is 0 Å². The van der Waals surface area contributed by atoms with Crippen molar-refractivity contribution in [2.75, 3.05) is 24.5 Å². The van der Waals surface area contributed by atoms with E-state index in [1.807, 2.05) is 17.5 Å². The topological polar surface area (TPSA) is 28.2 Å². The highest BCUT2D eigenvalue weighted by molar-refractivity contribution is 7.15. The van der Waals surface area contributed by atoms with Crippen LogP contribution in [0.4, 0.5) is 5.13 Å². The first-order chi connectivity index (χ1) is 9.19. The van der Waals surface area contributed by atoms with E-state index in [1.54, 1.807) is 0 Å². The van der Waals surface area contributed by atoms with Crippen molar-refractivity contribution >= 4 is 16.5 Å². The molecule has 0 saturated heterocycles. The number of thiazole rings is 1. The first-order valence-corrected chi connectivity index (χ1v) is 8.41. The molecule has 0 amide bonds. The van der Waals surface area contributed by atoms with Gasteiger partial charge in [0.15, 0.2) is 5.13 Å². The number of aromatic nitrogens is 1. The van der Waals surface area contributed by atoms with Gasteiger partial charge in [0.05, 0.1) is 0 Å². The molecule has 1 aliphatic carbocycles. The minimum absolute atomic E-state index is 0.707. The van der Waals surface area contributed by atoms with Crippen molar-refractivity contribution in [2.45, 2.75) is 46.6 Å². The van der Waals surface area contributed by atoms with E-state index < -0.39 is 0 Å². The van der Waals surface area contributed by atoms with Gasteiger partial charge in [-0.3, -0.25) is 0 Å². The second kappa shape index (κ2) is 7.25. The molecule has 1 aromatic rings. The number of hydrogen-bond donors (Lipinski definition) is 1. The van der Waals surface area contributed by atoms with Crippen LogP contribution in [0.1, 0.15) is 44.9 Å². The van der Waals surface area contributed by atoms with Crippen molar-refractivity contribution < 1.29 is 0 Å². The summed E-state index contributed by atoms with van der Waals surface area (Å²) in [5.41, 5.74) is 0. The summed E-state index contributed by atoms with van der Waals surface area (Å²) in [4.78, 5) is 8.40. The highest BCUT2D eigenvalue weighted by Gasteiger charge is 2.21. The SMILES string of the molecule is CCN(CC1CCC1)c1ncc(CNCC(C)C)s1. The van der Waals surface area contributed by atoms with Crippen molar-refractivity contribution in [1.82, 2.24) is 10.3 Å². The Morgan fingerprint density at radius 3 is 2.84 bits per heavy atom. The maximum absolute atomic E-state index is 4.60. The summed E-state index contributed by atoms with van der Waals surface area (Å²) in [7, 11) is 0. The fourth-order valence-corrected chi connectivity index (χ4v) is 3.29. The summed E-state index contributed by atoms with van der Waals surface area (Å²) < 4.78 is 0. The Labute approximate surface area is 121 Å². The summed E-state index contributed by atoms with van der Waals surface area (Å²) in [6, 6.07) is 0. The molecule has 0 aromatic carbocycles. The molecule has 0 unspecified atom stereocenters. The van der Waals surface area contributed by atoms with E-state index in [0.29, 0.717) is 5.92 Å². The highest BCUT2D eigenvalue weighted by Crippen LogP contribution is 2.30. The van der Waals surface area contributed by atoms with Gasteiger partial charge in [-0.25, -0.2) is 4.98 Å². The van der Waals surface area contributed by atoms with E-state index in [1.165, 1.54) is 35.8 Å². The molecular weight excluding hydrogens is 254 g/mol. The van der Waals surface area contributed by atoms with Crippen LogP contribution in [0.2, 0.25) is 0 Å². The molecule has 1 aromatic heterocycles. The normalized spacial score (nSPS) is 15.8. The lowest BCUT2D eigenvalue weighted by Crippen LogP contribution is -2.32. The number of hydrogen-bond acceptors (Lipinski definition) is 4. The third-order valence-corrected chi connectivity index (χ3v) is 4.81. The Kier molecular flexibility index (Phi) is 5.64. The summed E-state index contributed by atoms with van der Waals surface area (Å²) >= 11 is 1.85. The van der Waals surface area contributed by atoms with Crippen LogP contribution in [-0.4, -0.2) is 24.6 Å². The van der Waals surface area contributed by atoms with Crippen LogP contribution in [0.15, 0.2) is 6.20 Å². The van der Waals surface area contributed by atoms with Crippen molar-refractivity contribution in [1.29, 1.82) is 0 Å². The summed E-state index contributed by atoms with van der Waals surface area (Å²) in [5.74, 6) is 1.62. The summed E-state index contributed by atoms with van der Waals surface area (Å²) in [6.07, 6.45) is 6.27. The molecule has 0 bridgehead atoms. The van der Waals surface area contributed by atoms with Crippen molar-refractivity contribution in [3.8, 4) is 0 Å². The first kappa shape index (κ1) is 14.8. The molecule has 1 fully saturated rings. The minimum atomic E-state index is 0.707. The Balaban J connectivity index is 1.83. The average molecular weight is 281 g/mol. The molecule has 1 aliphatic rings. The molecule has 1 saturated carbocycles. The molecule has 0 radical (unpaired) electrons. The number of nitrogens with zero attached hydrogens (tertiary/aromatic N) is 2. The zero-order chi connectivity index (χ0) is 13.7. The molecule has 19 heavy (non-hydrogen) atoms. The van der Waals surface area contributed by atoms with Gasteiger partial charge in [-0.05, 0) is 38.1 Å². The van der Waals surface area contributed by atoms with Crippen LogP contribution in [0, 0.1) is 11.8 Å². The highest BCUT2D eigenvalue weighted by atomic mass is 32.1. The van der Waals surface area contributed by atoms with Crippen molar-refractivity contribution in [3.05, 3.63) is 11.1 Å². The maximum Gasteiger partial charge on any atom is 0.185 e. The van der Waals surface area contributed by atoms with E-state index in [9.17, 15) is 0 Å². The molecule has 108 valence electrons.